The summed E-state index contributed by atoms with van der Waals surface area (Å²) >= 11 is 3.40. The molecule has 3 aromatic rings. The summed E-state index contributed by atoms with van der Waals surface area (Å²) in [7, 11) is 2.12. The number of nitrogens with zero attached hydrogens (tertiary/aromatic N) is 3. The molecule has 0 saturated carbocycles. The van der Waals surface area contributed by atoms with E-state index in [9.17, 15) is 4.79 Å². The van der Waals surface area contributed by atoms with Gasteiger partial charge in [0.15, 0.2) is 0 Å². The Hall–Kier alpha value is -1.98. The Bertz CT molecular complexity index is 982. The fourth-order valence-electron chi connectivity index (χ4n) is 3.76. The topological polar surface area (TPSA) is 37.6 Å². The second kappa shape index (κ2) is 6.73. The first-order valence-corrected chi connectivity index (χ1v) is 9.37. The number of hydrogen-bond donors (Lipinski definition) is 0. The highest BCUT2D eigenvalue weighted by molar-refractivity contribution is 9.10. The van der Waals surface area contributed by atoms with E-state index in [1.807, 2.05) is 12.1 Å². The van der Waals surface area contributed by atoms with Gasteiger partial charge in [-0.2, -0.15) is 0 Å². The molecule has 1 aliphatic carbocycles. The number of rotatable bonds is 3. The highest BCUT2D eigenvalue weighted by Gasteiger charge is 2.23. The normalized spacial score (nSPS) is 17.0. The third kappa shape index (κ3) is 3.26. The maximum absolute atomic E-state index is 12.4. The molecule has 4 nitrogen and oxygen atoms in total. The molecule has 1 aliphatic rings. The summed E-state index contributed by atoms with van der Waals surface area (Å²) < 4.78 is 2.44. The molecule has 0 aliphatic heterocycles. The molecule has 2 aromatic heterocycles. The van der Waals surface area contributed by atoms with Gasteiger partial charge < -0.3 is 0 Å². The van der Waals surface area contributed by atoms with Crippen molar-refractivity contribution in [3.05, 3.63) is 80.3 Å². The Morgan fingerprint density at radius 3 is 3.00 bits per heavy atom. The van der Waals surface area contributed by atoms with Crippen molar-refractivity contribution in [3.8, 4) is 0 Å². The lowest BCUT2D eigenvalue weighted by atomic mass is 9.87. The van der Waals surface area contributed by atoms with Gasteiger partial charge in [0.2, 0.25) is 0 Å². The summed E-state index contributed by atoms with van der Waals surface area (Å²) in [5.74, 6) is 0. The first-order valence-electron chi connectivity index (χ1n) is 8.58. The van der Waals surface area contributed by atoms with Crippen LogP contribution in [0.15, 0.2) is 57.9 Å². The SMILES string of the molecule is CN(Cc1cc(=O)n2cc(Br)ccc2n1)C1CCCc2ccccc21. The summed E-state index contributed by atoms with van der Waals surface area (Å²) in [5, 5.41) is 0. The minimum Gasteiger partial charge on any atom is -0.294 e. The Balaban J connectivity index is 1.63. The van der Waals surface area contributed by atoms with Gasteiger partial charge in [0, 0.05) is 29.3 Å². The van der Waals surface area contributed by atoms with Crippen molar-refractivity contribution in [3.63, 3.8) is 0 Å². The molecule has 0 amide bonds. The molecule has 5 heteroatoms. The summed E-state index contributed by atoms with van der Waals surface area (Å²) in [6.07, 6.45) is 5.27. The van der Waals surface area contributed by atoms with Crippen molar-refractivity contribution >= 4 is 21.6 Å². The van der Waals surface area contributed by atoms with Crippen LogP contribution in [0, 0.1) is 0 Å². The predicted molar refractivity (Wildman–Crippen MR) is 103 cm³/mol. The van der Waals surface area contributed by atoms with E-state index >= 15 is 0 Å². The van der Waals surface area contributed by atoms with Crippen LogP contribution in [0.1, 0.15) is 35.7 Å². The molecule has 1 unspecified atom stereocenters. The molecule has 0 spiro atoms. The summed E-state index contributed by atoms with van der Waals surface area (Å²) in [5.41, 5.74) is 4.32. The average molecular weight is 398 g/mol. The molecule has 0 saturated heterocycles. The monoisotopic (exact) mass is 397 g/mol. The van der Waals surface area contributed by atoms with Crippen molar-refractivity contribution in [1.29, 1.82) is 0 Å². The van der Waals surface area contributed by atoms with Gasteiger partial charge in [-0.25, -0.2) is 4.98 Å². The molecular weight excluding hydrogens is 378 g/mol. The van der Waals surface area contributed by atoms with E-state index in [1.54, 1.807) is 16.7 Å². The van der Waals surface area contributed by atoms with Crippen LogP contribution in [-0.2, 0) is 13.0 Å². The molecule has 0 fully saturated rings. The van der Waals surface area contributed by atoms with Crippen molar-refractivity contribution in [2.45, 2.75) is 31.8 Å². The number of halogens is 1. The fourth-order valence-corrected chi connectivity index (χ4v) is 4.10. The Labute approximate surface area is 155 Å². The highest BCUT2D eigenvalue weighted by atomic mass is 79.9. The van der Waals surface area contributed by atoms with Crippen LogP contribution in [-0.4, -0.2) is 21.3 Å². The summed E-state index contributed by atoms with van der Waals surface area (Å²) in [6.45, 7) is 0.667. The van der Waals surface area contributed by atoms with Crippen molar-refractivity contribution in [2.75, 3.05) is 7.05 Å². The van der Waals surface area contributed by atoms with E-state index in [0.29, 0.717) is 18.2 Å². The second-order valence-electron chi connectivity index (χ2n) is 6.68. The lowest BCUT2D eigenvalue weighted by molar-refractivity contribution is 0.211. The van der Waals surface area contributed by atoms with Crippen LogP contribution >= 0.6 is 15.9 Å². The number of aromatic nitrogens is 2. The van der Waals surface area contributed by atoms with Crippen LogP contribution in [0.3, 0.4) is 0 Å². The van der Waals surface area contributed by atoms with Crippen LogP contribution in [0.4, 0.5) is 0 Å². The smallest absolute Gasteiger partial charge is 0.258 e. The fraction of sp³-hybridized carbons (Fsp3) is 0.300. The molecule has 1 atom stereocenters. The van der Waals surface area contributed by atoms with Gasteiger partial charge in [0.25, 0.3) is 5.56 Å². The molecular formula is C20H20BrN3O. The molecule has 0 radical (unpaired) electrons. The first-order chi connectivity index (χ1) is 12.1. The quantitative estimate of drug-likeness (QED) is 0.670. The van der Waals surface area contributed by atoms with Crippen LogP contribution in [0.25, 0.3) is 5.65 Å². The zero-order valence-electron chi connectivity index (χ0n) is 14.2. The van der Waals surface area contributed by atoms with Gasteiger partial charge in [0.05, 0.1) is 5.69 Å². The van der Waals surface area contributed by atoms with E-state index in [-0.39, 0.29) is 5.56 Å². The molecule has 1 aromatic carbocycles. The molecule has 0 bridgehead atoms. The van der Waals surface area contributed by atoms with E-state index in [1.165, 1.54) is 17.5 Å². The molecule has 25 heavy (non-hydrogen) atoms. The number of benzene rings is 1. The Kier molecular flexibility index (Phi) is 4.44. The van der Waals surface area contributed by atoms with Gasteiger partial charge in [-0.05, 0) is 65.5 Å². The van der Waals surface area contributed by atoms with Gasteiger partial charge in [-0.15, -0.1) is 0 Å². The van der Waals surface area contributed by atoms with Gasteiger partial charge in [0.1, 0.15) is 5.65 Å². The van der Waals surface area contributed by atoms with E-state index < -0.39 is 0 Å². The van der Waals surface area contributed by atoms with Crippen LogP contribution in [0.5, 0.6) is 0 Å². The van der Waals surface area contributed by atoms with Crippen molar-refractivity contribution in [1.82, 2.24) is 14.3 Å². The minimum absolute atomic E-state index is 0.0428. The number of hydrogen-bond acceptors (Lipinski definition) is 3. The van der Waals surface area contributed by atoms with Gasteiger partial charge >= 0.3 is 0 Å². The zero-order valence-corrected chi connectivity index (χ0v) is 15.7. The van der Waals surface area contributed by atoms with Gasteiger partial charge in [-0.3, -0.25) is 14.1 Å². The number of aryl methyl sites for hydroxylation is 1. The van der Waals surface area contributed by atoms with Crippen molar-refractivity contribution in [2.24, 2.45) is 0 Å². The largest absolute Gasteiger partial charge is 0.294 e. The highest BCUT2D eigenvalue weighted by Crippen LogP contribution is 2.33. The predicted octanol–water partition coefficient (Wildman–Crippen LogP) is 3.97. The third-order valence-electron chi connectivity index (χ3n) is 4.96. The Morgan fingerprint density at radius 2 is 2.12 bits per heavy atom. The van der Waals surface area contributed by atoms with E-state index in [0.717, 1.165) is 23.0 Å². The van der Waals surface area contributed by atoms with Crippen LogP contribution in [0.2, 0.25) is 0 Å². The second-order valence-corrected chi connectivity index (χ2v) is 7.60. The zero-order chi connectivity index (χ0) is 17.4. The molecule has 128 valence electrons. The third-order valence-corrected chi connectivity index (χ3v) is 5.43. The summed E-state index contributed by atoms with van der Waals surface area (Å²) in [6, 6.07) is 14.5. The van der Waals surface area contributed by atoms with Crippen molar-refractivity contribution < 1.29 is 0 Å². The number of fused-ring (bicyclic) bond motifs is 2. The molecule has 4 rings (SSSR count). The lowest BCUT2D eigenvalue weighted by Crippen LogP contribution is -2.28. The number of pyridine rings is 1. The molecule has 0 N–H and O–H groups in total. The standard InChI is InChI=1S/C20H20BrN3O/c1-23(18-8-4-6-14-5-2-3-7-17(14)18)13-16-11-20(25)24-12-15(21)9-10-19(24)22-16/h2-3,5,7,9-12,18H,4,6,8,13H2,1H3. The maximum atomic E-state index is 12.4. The van der Waals surface area contributed by atoms with E-state index in [2.05, 4.69) is 57.1 Å². The first kappa shape index (κ1) is 16.5. The average Bonchev–Trinajstić information content (AvgIpc) is 2.62. The minimum atomic E-state index is -0.0428. The van der Waals surface area contributed by atoms with Gasteiger partial charge in [-0.1, -0.05) is 24.3 Å². The maximum Gasteiger partial charge on any atom is 0.258 e. The van der Waals surface area contributed by atoms with Crippen LogP contribution < -0.4 is 5.56 Å². The lowest BCUT2D eigenvalue weighted by Gasteiger charge is -2.33. The molecule has 2 heterocycles. The van der Waals surface area contributed by atoms with E-state index in [4.69, 9.17) is 0 Å². The Morgan fingerprint density at radius 1 is 1.28 bits per heavy atom. The summed E-state index contributed by atoms with van der Waals surface area (Å²) in [4.78, 5) is 19.4.